The predicted molar refractivity (Wildman–Crippen MR) is 105 cm³/mol. The van der Waals surface area contributed by atoms with E-state index in [4.69, 9.17) is 0 Å². The number of hydrogen-bond donors (Lipinski definition) is 3. The number of halogens is 1. The summed E-state index contributed by atoms with van der Waals surface area (Å²) < 4.78 is 0. The summed E-state index contributed by atoms with van der Waals surface area (Å²) in [5, 5.41) is 9.58. The van der Waals surface area contributed by atoms with Crippen LogP contribution in [0.15, 0.2) is 4.99 Å². The average Bonchev–Trinajstić information content (AvgIpc) is 2.24. The van der Waals surface area contributed by atoms with Gasteiger partial charge in [0.2, 0.25) is 5.91 Å². The Bertz CT molecular complexity index is 358. The van der Waals surface area contributed by atoms with Crippen LogP contribution in [0.5, 0.6) is 0 Å². The lowest BCUT2D eigenvalue weighted by Crippen LogP contribution is -2.50. The van der Waals surface area contributed by atoms with E-state index in [1.807, 2.05) is 32.7 Å². The minimum absolute atomic E-state index is 0. The van der Waals surface area contributed by atoms with E-state index in [1.165, 1.54) is 0 Å². The summed E-state index contributed by atoms with van der Waals surface area (Å²) in [7, 11) is 3.58. The van der Waals surface area contributed by atoms with Gasteiger partial charge in [0.05, 0.1) is 6.54 Å². The van der Waals surface area contributed by atoms with Gasteiger partial charge in [0.15, 0.2) is 5.96 Å². The molecular formula is C15H34IN5O. The second-order valence-electron chi connectivity index (χ2n) is 7.31. The van der Waals surface area contributed by atoms with Crippen molar-refractivity contribution in [2.75, 3.05) is 33.7 Å². The Balaban J connectivity index is 0. The van der Waals surface area contributed by atoms with Crippen LogP contribution >= 0.6 is 24.0 Å². The molecule has 0 heterocycles. The highest BCUT2D eigenvalue weighted by atomic mass is 127. The van der Waals surface area contributed by atoms with Gasteiger partial charge in [-0.15, -0.1) is 24.0 Å². The molecule has 0 saturated heterocycles. The van der Waals surface area contributed by atoms with Gasteiger partial charge < -0.3 is 20.9 Å². The molecule has 0 spiro atoms. The summed E-state index contributed by atoms with van der Waals surface area (Å²) in [6.07, 6.45) is 0. The largest absolute Gasteiger partial charge is 0.355 e. The highest BCUT2D eigenvalue weighted by Gasteiger charge is 2.16. The fourth-order valence-corrected chi connectivity index (χ4v) is 1.74. The Morgan fingerprint density at radius 2 is 1.59 bits per heavy atom. The topological polar surface area (TPSA) is 68.8 Å². The molecule has 0 saturated carbocycles. The van der Waals surface area contributed by atoms with Crippen LogP contribution in [-0.4, -0.2) is 61.6 Å². The molecule has 0 aromatic heterocycles. The van der Waals surface area contributed by atoms with Crippen molar-refractivity contribution >= 4 is 35.8 Å². The van der Waals surface area contributed by atoms with Crippen molar-refractivity contribution in [3.63, 3.8) is 0 Å². The first kappa shape index (κ1) is 23.7. The van der Waals surface area contributed by atoms with Crippen molar-refractivity contribution in [3.05, 3.63) is 0 Å². The highest BCUT2D eigenvalue weighted by molar-refractivity contribution is 14.0. The average molecular weight is 427 g/mol. The molecule has 6 nitrogen and oxygen atoms in total. The lowest BCUT2D eigenvalue weighted by molar-refractivity contribution is -0.122. The lowest BCUT2D eigenvalue weighted by atomic mass is 10.1. The first-order valence-electron chi connectivity index (χ1n) is 7.42. The van der Waals surface area contributed by atoms with Crippen molar-refractivity contribution in [1.29, 1.82) is 0 Å². The van der Waals surface area contributed by atoms with Gasteiger partial charge in [-0.05, 0) is 41.5 Å². The van der Waals surface area contributed by atoms with Crippen molar-refractivity contribution in [2.45, 2.75) is 52.6 Å². The zero-order chi connectivity index (χ0) is 16.7. The van der Waals surface area contributed by atoms with Crippen LogP contribution in [0.1, 0.15) is 41.5 Å². The summed E-state index contributed by atoms with van der Waals surface area (Å²) in [5.41, 5.74) is -0.116. The van der Waals surface area contributed by atoms with Gasteiger partial charge in [-0.3, -0.25) is 9.79 Å². The van der Waals surface area contributed by atoms with Crippen LogP contribution < -0.4 is 16.0 Å². The minimum atomic E-state index is -0.217. The number of hydrogen-bond acceptors (Lipinski definition) is 3. The first-order valence-corrected chi connectivity index (χ1v) is 7.42. The molecule has 0 aliphatic heterocycles. The van der Waals surface area contributed by atoms with Crippen molar-refractivity contribution in [3.8, 4) is 0 Å². The van der Waals surface area contributed by atoms with E-state index in [1.54, 1.807) is 7.05 Å². The SMILES string of the molecule is CN=C(NCCNC(C)(C)C)N(C)CC(=O)NC(C)(C)C.I. The van der Waals surface area contributed by atoms with Crippen LogP contribution in [0.4, 0.5) is 0 Å². The molecule has 0 aromatic carbocycles. The Kier molecular flexibility index (Phi) is 11.0. The molecule has 0 unspecified atom stereocenters. The van der Waals surface area contributed by atoms with Gasteiger partial charge in [-0.2, -0.15) is 0 Å². The smallest absolute Gasteiger partial charge is 0.240 e. The molecule has 0 atom stereocenters. The fourth-order valence-electron chi connectivity index (χ4n) is 1.74. The van der Waals surface area contributed by atoms with Crippen molar-refractivity contribution in [1.82, 2.24) is 20.9 Å². The van der Waals surface area contributed by atoms with Gasteiger partial charge >= 0.3 is 0 Å². The van der Waals surface area contributed by atoms with E-state index >= 15 is 0 Å². The number of guanidine groups is 1. The van der Waals surface area contributed by atoms with Gasteiger partial charge in [-0.1, -0.05) is 0 Å². The fraction of sp³-hybridized carbons (Fsp3) is 0.867. The highest BCUT2D eigenvalue weighted by Crippen LogP contribution is 1.98. The summed E-state index contributed by atoms with van der Waals surface area (Å²) >= 11 is 0. The van der Waals surface area contributed by atoms with E-state index in [0.29, 0.717) is 0 Å². The van der Waals surface area contributed by atoms with Crippen LogP contribution in [0.3, 0.4) is 0 Å². The predicted octanol–water partition coefficient (Wildman–Crippen LogP) is 1.41. The molecule has 1 amide bonds. The molecule has 0 aliphatic rings. The number of rotatable bonds is 5. The number of amides is 1. The number of likely N-dealkylation sites (N-methyl/N-ethyl adjacent to an activating group) is 1. The molecule has 3 N–H and O–H groups in total. The molecule has 22 heavy (non-hydrogen) atoms. The molecule has 0 aromatic rings. The number of aliphatic imine (C=N–C) groups is 1. The van der Waals surface area contributed by atoms with Crippen molar-refractivity contribution < 1.29 is 4.79 Å². The van der Waals surface area contributed by atoms with Crippen LogP contribution in [-0.2, 0) is 4.79 Å². The Hall–Kier alpha value is -0.570. The van der Waals surface area contributed by atoms with Crippen LogP contribution in [0, 0.1) is 0 Å². The van der Waals surface area contributed by atoms with E-state index < -0.39 is 0 Å². The van der Waals surface area contributed by atoms with E-state index in [0.717, 1.165) is 19.0 Å². The van der Waals surface area contributed by atoms with Gasteiger partial charge in [0, 0.05) is 38.3 Å². The Labute approximate surface area is 152 Å². The number of carbonyl (C=O) groups is 1. The third-order valence-electron chi connectivity index (χ3n) is 2.53. The third kappa shape index (κ3) is 13.1. The number of nitrogens with zero attached hydrogens (tertiary/aromatic N) is 2. The number of carbonyl (C=O) groups excluding carboxylic acids is 1. The maximum atomic E-state index is 11.9. The van der Waals surface area contributed by atoms with Gasteiger partial charge in [-0.25, -0.2) is 0 Å². The molecule has 0 rings (SSSR count). The Morgan fingerprint density at radius 3 is 2.00 bits per heavy atom. The summed E-state index contributed by atoms with van der Waals surface area (Å²) in [4.78, 5) is 17.9. The van der Waals surface area contributed by atoms with Crippen LogP contribution in [0.25, 0.3) is 0 Å². The molecule has 0 radical (unpaired) electrons. The molecule has 132 valence electrons. The molecule has 7 heteroatoms. The lowest BCUT2D eigenvalue weighted by Gasteiger charge is -2.26. The third-order valence-corrected chi connectivity index (χ3v) is 2.53. The molecule has 0 bridgehead atoms. The van der Waals surface area contributed by atoms with E-state index in [2.05, 4.69) is 41.7 Å². The maximum Gasteiger partial charge on any atom is 0.240 e. The molecule has 0 aliphatic carbocycles. The van der Waals surface area contributed by atoms with E-state index in [9.17, 15) is 4.79 Å². The summed E-state index contributed by atoms with van der Waals surface area (Å²) in [5.74, 6) is 0.704. The van der Waals surface area contributed by atoms with Gasteiger partial charge in [0.25, 0.3) is 0 Å². The monoisotopic (exact) mass is 427 g/mol. The zero-order valence-electron chi connectivity index (χ0n) is 15.3. The second kappa shape index (κ2) is 10.3. The maximum absolute atomic E-state index is 11.9. The summed E-state index contributed by atoms with van der Waals surface area (Å²) in [6.45, 7) is 14.2. The number of nitrogens with one attached hydrogen (secondary N) is 3. The van der Waals surface area contributed by atoms with E-state index in [-0.39, 0.29) is 47.5 Å². The minimum Gasteiger partial charge on any atom is -0.355 e. The molecule has 0 fully saturated rings. The van der Waals surface area contributed by atoms with Crippen molar-refractivity contribution in [2.24, 2.45) is 4.99 Å². The second-order valence-corrected chi connectivity index (χ2v) is 7.31. The quantitative estimate of drug-likeness (QED) is 0.269. The summed E-state index contributed by atoms with van der Waals surface area (Å²) in [6, 6.07) is 0. The van der Waals surface area contributed by atoms with Gasteiger partial charge in [0.1, 0.15) is 0 Å². The zero-order valence-corrected chi connectivity index (χ0v) is 17.7. The first-order chi connectivity index (χ1) is 9.44. The van der Waals surface area contributed by atoms with Crippen LogP contribution in [0.2, 0.25) is 0 Å². The standard InChI is InChI=1S/C15H33N5O.HI/c1-14(2,3)18-10-9-17-13(16-7)20(8)11-12(21)19-15(4,5)6;/h18H,9-11H2,1-8H3,(H,16,17)(H,19,21);1H. The Morgan fingerprint density at radius 1 is 1.05 bits per heavy atom. The normalized spacial score (nSPS) is 12.5. The molecular weight excluding hydrogens is 393 g/mol.